The van der Waals surface area contributed by atoms with Crippen LogP contribution in [0.4, 0.5) is 5.82 Å². The number of nitrogens with two attached hydrogens (primary N) is 1. The standard InChI is InChI=1S/C20H19N9O3/c1-3-31-15-8-6-13(7-9-15)17-16(24-28-29(17)19-18(21)26-32-27-19)20(30)25-23-12(2)14-5-4-10-22-11-14/h4-11H,3H2,1-2H3,(H2,21,26)(H,25,30). The maximum absolute atomic E-state index is 12.9. The zero-order valence-electron chi connectivity index (χ0n) is 17.3. The van der Waals surface area contributed by atoms with E-state index in [1.165, 1.54) is 4.68 Å². The number of carbonyl (C=O) groups is 1. The molecule has 0 fully saturated rings. The van der Waals surface area contributed by atoms with Gasteiger partial charge in [0.25, 0.3) is 5.91 Å². The number of hydrogen-bond donors (Lipinski definition) is 2. The topological polar surface area (TPSA) is 159 Å². The van der Waals surface area contributed by atoms with Crippen molar-refractivity contribution in [2.24, 2.45) is 5.10 Å². The third kappa shape index (κ3) is 4.14. The van der Waals surface area contributed by atoms with Crippen molar-refractivity contribution in [3.05, 3.63) is 60.0 Å². The van der Waals surface area contributed by atoms with Crippen molar-refractivity contribution in [2.75, 3.05) is 12.3 Å². The Morgan fingerprint density at radius 3 is 2.72 bits per heavy atom. The van der Waals surface area contributed by atoms with Gasteiger partial charge in [0.15, 0.2) is 5.69 Å². The molecule has 0 spiro atoms. The smallest absolute Gasteiger partial charge is 0.294 e. The van der Waals surface area contributed by atoms with Gasteiger partial charge in [0.2, 0.25) is 11.6 Å². The number of nitrogens with zero attached hydrogens (tertiary/aromatic N) is 7. The molecule has 3 heterocycles. The summed E-state index contributed by atoms with van der Waals surface area (Å²) in [7, 11) is 0. The molecule has 1 amide bonds. The zero-order valence-corrected chi connectivity index (χ0v) is 17.3. The van der Waals surface area contributed by atoms with E-state index >= 15 is 0 Å². The number of carbonyl (C=O) groups excluding carboxylic acids is 1. The Hall–Kier alpha value is -4.61. The summed E-state index contributed by atoms with van der Waals surface area (Å²) < 4.78 is 11.5. The lowest BCUT2D eigenvalue weighted by atomic mass is 10.1. The fourth-order valence-electron chi connectivity index (χ4n) is 2.88. The molecule has 3 N–H and O–H groups in total. The number of amides is 1. The minimum atomic E-state index is -0.571. The highest BCUT2D eigenvalue weighted by Crippen LogP contribution is 2.28. The summed E-state index contributed by atoms with van der Waals surface area (Å²) in [5.74, 6) is 0.217. The Balaban J connectivity index is 1.71. The molecule has 0 aliphatic carbocycles. The van der Waals surface area contributed by atoms with Gasteiger partial charge in [-0.05, 0) is 54.5 Å². The first kappa shape index (κ1) is 20.7. The molecular formula is C20H19N9O3. The van der Waals surface area contributed by atoms with Crippen LogP contribution in [0.2, 0.25) is 0 Å². The van der Waals surface area contributed by atoms with E-state index in [2.05, 4.69) is 40.8 Å². The maximum atomic E-state index is 12.9. The first-order valence-electron chi connectivity index (χ1n) is 9.60. The molecule has 0 saturated heterocycles. The largest absolute Gasteiger partial charge is 0.494 e. The third-order valence-corrected chi connectivity index (χ3v) is 4.42. The molecule has 0 aliphatic heterocycles. The average Bonchev–Trinajstić information content (AvgIpc) is 3.44. The average molecular weight is 433 g/mol. The van der Waals surface area contributed by atoms with Crippen LogP contribution < -0.4 is 15.9 Å². The molecule has 4 rings (SSSR count). The Bertz CT molecular complexity index is 1250. The van der Waals surface area contributed by atoms with Gasteiger partial charge in [0, 0.05) is 23.5 Å². The van der Waals surface area contributed by atoms with E-state index in [4.69, 9.17) is 10.5 Å². The van der Waals surface area contributed by atoms with E-state index in [9.17, 15) is 4.79 Å². The van der Waals surface area contributed by atoms with Crippen molar-refractivity contribution < 1.29 is 14.2 Å². The highest BCUT2D eigenvalue weighted by Gasteiger charge is 2.25. The fraction of sp³-hybridized carbons (Fsp3) is 0.150. The van der Waals surface area contributed by atoms with E-state index < -0.39 is 5.91 Å². The predicted molar refractivity (Wildman–Crippen MR) is 114 cm³/mol. The highest BCUT2D eigenvalue weighted by atomic mass is 16.6. The van der Waals surface area contributed by atoms with Crippen LogP contribution in [0.15, 0.2) is 58.5 Å². The van der Waals surface area contributed by atoms with Crippen LogP contribution in [-0.4, -0.2) is 48.5 Å². The summed E-state index contributed by atoms with van der Waals surface area (Å²) in [6, 6.07) is 10.7. The van der Waals surface area contributed by atoms with Crippen molar-refractivity contribution in [1.82, 2.24) is 35.7 Å². The quantitative estimate of drug-likeness (QED) is 0.327. The lowest BCUT2D eigenvalue weighted by Gasteiger charge is -2.08. The molecule has 0 saturated carbocycles. The van der Waals surface area contributed by atoms with Gasteiger partial charge < -0.3 is 10.5 Å². The minimum Gasteiger partial charge on any atom is -0.494 e. The molecule has 162 valence electrons. The van der Waals surface area contributed by atoms with Crippen molar-refractivity contribution in [3.63, 3.8) is 0 Å². The molecule has 0 atom stereocenters. The van der Waals surface area contributed by atoms with Crippen LogP contribution in [0.5, 0.6) is 5.75 Å². The van der Waals surface area contributed by atoms with Gasteiger partial charge in [0.05, 0.1) is 12.3 Å². The SMILES string of the molecule is CCOc1ccc(-c2c(C(=O)NN=C(C)c3cccnc3)nnn2-c2nonc2N)cc1. The predicted octanol–water partition coefficient (Wildman–Crippen LogP) is 1.85. The minimum absolute atomic E-state index is 0.000475. The molecule has 1 aromatic carbocycles. The van der Waals surface area contributed by atoms with E-state index in [0.717, 1.165) is 5.56 Å². The molecule has 0 radical (unpaired) electrons. The van der Waals surface area contributed by atoms with E-state index in [-0.39, 0.29) is 17.3 Å². The number of benzene rings is 1. The summed E-state index contributed by atoms with van der Waals surface area (Å²) >= 11 is 0. The van der Waals surface area contributed by atoms with Crippen LogP contribution >= 0.6 is 0 Å². The van der Waals surface area contributed by atoms with Crippen molar-refractivity contribution in [2.45, 2.75) is 13.8 Å². The van der Waals surface area contributed by atoms with Gasteiger partial charge in [-0.15, -0.1) is 5.10 Å². The number of aromatic nitrogens is 6. The Labute approximate surface area is 182 Å². The van der Waals surface area contributed by atoms with E-state index in [0.29, 0.717) is 29.3 Å². The first-order valence-corrected chi connectivity index (χ1v) is 9.60. The summed E-state index contributed by atoms with van der Waals surface area (Å²) in [5, 5.41) is 19.5. The molecular weight excluding hydrogens is 414 g/mol. The number of ether oxygens (including phenoxy) is 1. The van der Waals surface area contributed by atoms with Crippen LogP contribution in [0.25, 0.3) is 17.1 Å². The molecule has 3 aromatic heterocycles. The summed E-state index contributed by atoms with van der Waals surface area (Å²) in [4.78, 5) is 17.0. The Kier molecular flexibility index (Phi) is 5.83. The second-order valence-corrected chi connectivity index (χ2v) is 6.51. The van der Waals surface area contributed by atoms with Gasteiger partial charge >= 0.3 is 0 Å². The van der Waals surface area contributed by atoms with Crippen molar-refractivity contribution in [3.8, 4) is 22.8 Å². The molecule has 12 nitrogen and oxygen atoms in total. The van der Waals surface area contributed by atoms with Gasteiger partial charge in [-0.2, -0.15) is 9.78 Å². The highest BCUT2D eigenvalue weighted by molar-refractivity contribution is 6.02. The number of nitrogen functional groups attached to an aromatic ring is 1. The number of hydrogen-bond acceptors (Lipinski definition) is 10. The molecule has 12 heteroatoms. The lowest BCUT2D eigenvalue weighted by Crippen LogP contribution is -2.21. The fourth-order valence-corrected chi connectivity index (χ4v) is 2.88. The summed E-state index contributed by atoms with van der Waals surface area (Å²) in [5.41, 5.74) is 10.6. The molecule has 32 heavy (non-hydrogen) atoms. The molecule has 4 aromatic rings. The van der Waals surface area contributed by atoms with Crippen LogP contribution in [0, 0.1) is 0 Å². The first-order chi connectivity index (χ1) is 15.6. The monoisotopic (exact) mass is 433 g/mol. The van der Waals surface area contributed by atoms with Crippen molar-refractivity contribution in [1.29, 1.82) is 0 Å². The van der Waals surface area contributed by atoms with Gasteiger partial charge in [-0.1, -0.05) is 11.3 Å². The maximum Gasteiger partial charge on any atom is 0.294 e. The van der Waals surface area contributed by atoms with Crippen LogP contribution in [0.1, 0.15) is 29.9 Å². The summed E-state index contributed by atoms with van der Waals surface area (Å²) in [6.07, 6.45) is 3.30. The van der Waals surface area contributed by atoms with Gasteiger partial charge in [0.1, 0.15) is 11.4 Å². The molecule has 0 bridgehead atoms. The normalized spacial score (nSPS) is 11.4. The number of pyridine rings is 1. The number of nitrogens with one attached hydrogen (secondary N) is 1. The molecule has 0 unspecified atom stereocenters. The summed E-state index contributed by atoms with van der Waals surface area (Å²) in [6.45, 7) is 4.18. The van der Waals surface area contributed by atoms with Gasteiger partial charge in [-0.25, -0.2) is 10.1 Å². The molecule has 0 aliphatic rings. The Morgan fingerprint density at radius 1 is 1.25 bits per heavy atom. The third-order valence-electron chi connectivity index (χ3n) is 4.42. The second kappa shape index (κ2) is 9.04. The second-order valence-electron chi connectivity index (χ2n) is 6.51. The number of hydrazone groups is 1. The zero-order chi connectivity index (χ0) is 22.5. The number of anilines is 1. The van der Waals surface area contributed by atoms with Crippen LogP contribution in [0.3, 0.4) is 0 Å². The number of rotatable bonds is 7. The lowest BCUT2D eigenvalue weighted by molar-refractivity contribution is 0.0950. The Morgan fingerprint density at radius 2 is 2.06 bits per heavy atom. The van der Waals surface area contributed by atoms with E-state index in [1.54, 1.807) is 49.6 Å². The van der Waals surface area contributed by atoms with E-state index in [1.807, 2.05) is 13.0 Å². The van der Waals surface area contributed by atoms with Crippen molar-refractivity contribution >= 4 is 17.4 Å². The van der Waals surface area contributed by atoms with Gasteiger partial charge in [-0.3, -0.25) is 9.78 Å². The van der Waals surface area contributed by atoms with Crippen LogP contribution in [-0.2, 0) is 0 Å².